The van der Waals surface area contributed by atoms with Gasteiger partial charge in [-0.15, -0.1) is 0 Å². The van der Waals surface area contributed by atoms with Crippen molar-refractivity contribution >= 4 is 16.9 Å². The Balaban J connectivity index is 1.18. The number of aromatic nitrogens is 3. The number of rotatable bonds is 3. The van der Waals surface area contributed by atoms with Gasteiger partial charge in [-0.3, -0.25) is 9.67 Å². The van der Waals surface area contributed by atoms with E-state index in [0.29, 0.717) is 12.1 Å². The van der Waals surface area contributed by atoms with Gasteiger partial charge in [0, 0.05) is 60.0 Å². The topological polar surface area (TPSA) is 66.3 Å². The highest BCUT2D eigenvalue weighted by molar-refractivity contribution is 5.82. The van der Waals surface area contributed by atoms with Crippen molar-refractivity contribution < 1.29 is 4.79 Å². The third-order valence-electron chi connectivity index (χ3n) is 7.82. The minimum Gasteiger partial charge on any atom is -0.335 e. The summed E-state index contributed by atoms with van der Waals surface area (Å²) in [6.07, 6.45) is 6.08. The second-order valence-electron chi connectivity index (χ2n) is 9.99. The van der Waals surface area contributed by atoms with Gasteiger partial charge in [0.15, 0.2) is 0 Å². The van der Waals surface area contributed by atoms with Gasteiger partial charge in [0.05, 0.1) is 11.2 Å². The van der Waals surface area contributed by atoms with E-state index in [9.17, 15) is 4.79 Å². The number of urea groups is 1. The van der Waals surface area contributed by atoms with Crippen LogP contribution in [0.1, 0.15) is 31.4 Å². The summed E-state index contributed by atoms with van der Waals surface area (Å²) in [4.78, 5) is 21.8. The molecule has 1 unspecified atom stereocenters. The number of carbonyl (C=O) groups excluding carboxylic acids is 1. The second-order valence-corrected chi connectivity index (χ2v) is 9.99. The number of amides is 2. The lowest BCUT2D eigenvalue weighted by Gasteiger charge is -2.40. The molecule has 0 bridgehead atoms. The second kappa shape index (κ2) is 7.30. The molecule has 32 heavy (non-hydrogen) atoms. The number of fused-ring (bicyclic) bond motifs is 3. The van der Waals surface area contributed by atoms with E-state index in [1.54, 1.807) is 0 Å². The summed E-state index contributed by atoms with van der Waals surface area (Å²) < 4.78 is 2.15. The van der Waals surface area contributed by atoms with Crippen molar-refractivity contribution in [1.29, 1.82) is 0 Å². The van der Waals surface area contributed by atoms with Crippen LogP contribution in [0.2, 0.25) is 0 Å². The maximum absolute atomic E-state index is 12.9. The van der Waals surface area contributed by atoms with E-state index in [0.717, 1.165) is 67.5 Å². The van der Waals surface area contributed by atoms with Crippen LogP contribution >= 0.6 is 0 Å². The molecule has 1 atom stereocenters. The number of pyridine rings is 1. The van der Waals surface area contributed by atoms with Crippen LogP contribution in [0.25, 0.3) is 22.2 Å². The first-order chi connectivity index (χ1) is 15.5. The summed E-state index contributed by atoms with van der Waals surface area (Å²) >= 11 is 0. The minimum atomic E-state index is 0.0264. The third-order valence-corrected chi connectivity index (χ3v) is 7.82. The summed E-state index contributed by atoms with van der Waals surface area (Å²) in [7, 11) is 4.22. The predicted octanol–water partition coefficient (Wildman–Crippen LogP) is 3.25. The lowest BCUT2D eigenvalue weighted by atomic mass is 9.82. The van der Waals surface area contributed by atoms with Gasteiger partial charge < -0.3 is 15.1 Å². The fraction of sp³-hybridized carbons (Fsp3) is 0.480. The maximum Gasteiger partial charge on any atom is 0.317 e. The average Bonchev–Trinajstić information content (AvgIpc) is 3.46. The lowest BCUT2D eigenvalue weighted by Crippen LogP contribution is -2.54. The molecule has 6 rings (SSSR count). The zero-order valence-electron chi connectivity index (χ0n) is 18.8. The number of likely N-dealkylation sites (tertiary alicyclic amines) is 1. The Morgan fingerprint density at radius 2 is 1.97 bits per heavy atom. The highest BCUT2D eigenvalue weighted by Crippen LogP contribution is 2.44. The smallest absolute Gasteiger partial charge is 0.317 e. The molecule has 2 aromatic heterocycles. The van der Waals surface area contributed by atoms with Crippen molar-refractivity contribution in [3.05, 3.63) is 48.3 Å². The van der Waals surface area contributed by atoms with Crippen molar-refractivity contribution in [2.45, 2.75) is 49.7 Å². The minimum absolute atomic E-state index is 0.0264. The van der Waals surface area contributed by atoms with Crippen LogP contribution in [0.4, 0.5) is 4.79 Å². The Labute approximate surface area is 188 Å². The van der Waals surface area contributed by atoms with Gasteiger partial charge in [-0.05, 0) is 58.0 Å². The van der Waals surface area contributed by atoms with Crippen LogP contribution in [-0.2, 0) is 12.0 Å². The highest BCUT2D eigenvalue weighted by atomic mass is 16.2. The molecule has 1 aliphatic carbocycles. The molecule has 0 radical (unpaired) electrons. The summed E-state index contributed by atoms with van der Waals surface area (Å²) in [6.45, 7) is 2.51. The predicted molar refractivity (Wildman–Crippen MR) is 124 cm³/mol. The standard InChI is InChI=1S/C25H30N6O/c1-29(2)20-12-19(13-20)27-24(32)30-9-7-25(16-30)8-10-31-23(25)14-22(28-31)18-11-17-5-3-4-6-21(17)26-15-18/h3-6,11,14-15,19-20H,7-10,12-13,16H2,1-2H3,(H,27,32). The fourth-order valence-corrected chi connectivity index (χ4v) is 5.67. The van der Waals surface area contributed by atoms with Gasteiger partial charge >= 0.3 is 6.03 Å². The van der Waals surface area contributed by atoms with Crippen LogP contribution in [-0.4, -0.2) is 69.9 Å². The number of nitrogens with one attached hydrogen (secondary N) is 1. The number of nitrogens with zero attached hydrogens (tertiary/aromatic N) is 5. The Morgan fingerprint density at radius 3 is 2.81 bits per heavy atom. The van der Waals surface area contributed by atoms with Crippen LogP contribution in [0.15, 0.2) is 42.6 Å². The van der Waals surface area contributed by atoms with Crippen LogP contribution in [0.5, 0.6) is 0 Å². The van der Waals surface area contributed by atoms with Gasteiger partial charge in [0.1, 0.15) is 0 Å². The van der Waals surface area contributed by atoms with E-state index in [1.807, 2.05) is 29.3 Å². The van der Waals surface area contributed by atoms with Crippen molar-refractivity contribution in [2.24, 2.45) is 0 Å². The summed E-state index contributed by atoms with van der Waals surface area (Å²) in [5.41, 5.74) is 4.32. The molecule has 166 valence electrons. The highest BCUT2D eigenvalue weighted by Gasteiger charge is 2.47. The van der Waals surface area contributed by atoms with E-state index < -0.39 is 0 Å². The molecule has 1 N–H and O–H groups in total. The summed E-state index contributed by atoms with van der Waals surface area (Å²) in [5, 5.41) is 9.29. The fourth-order valence-electron chi connectivity index (χ4n) is 5.67. The number of hydrogen-bond acceptors (Lipinski definition) is 4. The molecular formula is C25H30N6O. The number of carbonyl (C=O) groups is 1. The first-order valence-corrected chi connectivity index (χ1v) is 11.7. The third kappa shape index (κ3) is 3.18. The average molecular weight is 431 g/mol. The Hall–Kier alpha value is -2.93. The van der Waals surface area contributed by atoms with E-state index in [2.05, 4.69) is 52.2 Å². The molecule has 2 aliphatic heterocycles. The normalized spacial score (nSPS) is 26.7. The quantitative estimate of drug-likeness (QED) is 0.693. The van der Waals surface area contributed by atoms with Gasteiger partial charge in [-0.2, -0.15) is 5.10 Å². The molecule has 1 spiro atoms. The van der Waals surface area contributed by atoms with Gasteiger partial charge in [-0.1, -0.05) is 18.2 Å². The Bertz CT molecular complexity index is 1180. The zero-order chi connectivity index (χ0) is 21.9. The van der Waals surface area contributed by atoms with E-state index in [-0.39, 0.29) is 11.4 Å². The number of para-hydroxylation sites is 1. The Morgan fingerprint density at radius 1 is 1.16 bits per heavy atom. The number of hydrogen-bond donors (Lipinski definition) is 1. The number of aryl methyl sites for hydroxylation is 1. The molecule has 2 fully saturated rings. The number of benzene rings is 1. The SMILES string of the molecule is CN(C)C1CC(NC(=O)N2CCC3(CCn4nc(-c5cnc6ccccc6c5)cc43)C2)C1. The largest absolute Gasteiger partial charge is 0.335 e. The van der Waals surface area contributed by atoms with Crippen molar-refractivity contribution in [1.82, 2.24) is 29.9 Å². The summed E-state index contributed by atoms with van der Waals surface area (Å²) in [5.74, 6) is 0. The molecule has 4 heterocycles. The molecular weight excluding hydrogens is 400 g/mol. The molecule has 1 saturated heterocycles. The first kappa shape index (κ1) is 19.7. The molecule has 3 aromatic rings. The summed E-state index contributed by atoms with van der Waals surface area (Å²) in [6, 6.07) is 13.6. The molecule has 7 nitrogen and oxygen atoms in total. The van der Waals surface area contributed by atoms with E-state index >= 15 is 0 Å². The first-order valence-electron chi connectivity index (χ1n) is 11.7. The van der Waals surface area contributed by atoms with Crippen molar-refractivity contribution in [3.63, 3.8) is 0 Å². The molecule has 1 saturated carbocycles. The van der Waals surface area contributed by atoms with Crippen LogP contribution < -0.4 is 5.32 Å². The van der Waals surface area contributed by atoms with Gasteiger partial charge in [0.2, 0.25) is 0 Å². The van der Waals surface area contributed by atoms with Crippen LogP contribution in [0, 0.1) is 0 Å². The van der Waals surface area contributed by atoms with E-state index in [1.165, 1.54) is 5.69 Å². The molecule has 1 aromatic carbocycles. The van der Waals surface area contributed by atoms with Crippen molar-refractivity contribution in [2.75, 3.05) is 27.2 Å². The monoisotopic (exact) mass is 430 g/mol. The maximum atomic E-state index is 12.9. The zero-order valence-corrected chi connectivity index (χ0v) is 18.8. The van der Waals surface area contributed by atoms with Gasteiger partial charge in [0.25, 0.3) is 0 Å². The lowest BCUT2D eigenvalue weighted by molar-refractivity contribution is 0.139. The van der Waals surface area contributed by atoms with Crippen LogP contribution in [0.3, 0.4) is 0 Å². The van der Waals surface area contributed by atoms with Crippen molar-refractivity contribution in [3.8, 4) is 11.3 Å². The van der Waals surface area contributed by atoms with Gasteiger partial charge in [-0.25, -0.2) is 4.79 Å². The molecule has 3 aliphatic rings. The Kier molecular flexibility index (Phi) is 4.50. The molecule has 7 heteroatoms. The molecule has 2 amide bonds. The van der Waals surface area contributed by atoms with E-state index in [4.69, 9.17) is 5.10 Å².